The number of nitrogens with zero attached hydrogens (tertiary/aromatic N) is 5. The van der Waals surface area contributed by atoms with Crippen LogP contribution in [0, 0.1) is 35.8 Å². The van der Waals surface area contributed by atoms with Crippen molar-refractivity contribution in [3.63, 3.8) is 0 Å². The molecule has 0 saturated carbocycles. The van der Waals surface area contributed by atoms with Crippen molar-refractivity contribution in [2.24, 2.45) is 5.73 Å². The second-order valence-corrected chi connectivity index (χ2v) is 2.58. The molecule has 90 valence electrons. The maximum atomic E-state index is 10.6. The van der Waals surface area contributed by atoms with Crippen molar-refractivity contribution in [3.05, 3.63) is 36.0 Å². The van der Waals surface area contributed by atoms with Crippen LogP contribution in [0.2, 0.25) is 0 Å². The maximum absolute atomic E-state index is 10.6. The Balaban J connectivity index is 3.73. The molecular formula is C4H3N7O6. The Labute approximate surface area is 90.4 Å². The fourth-order valence-corrected chi connectivity index (χ4v) is 1.01. The summed E-state index contributed by atoms with van der Waals surface area (Å²) in [6, 6.07) is 0. The van der Waals surface area contributed by atoms with E-state index in [1.54, 1.807) is 0 Å². The third kappa shape index (κ3) is 1.83. The minimum atomic E-state index is -1.47. The highest BCUT2D eigenvalue weighted by Crippen LogP contribution is 2.29. The molecule has 13 nitrogen and oxygen atoms in total. The highest BCUT2D eigenvalue weighted by molar-refractivity contribution is 5.98. The van der Waals surface area contributed by atoms with Crippen LogP contribution in [0.3, 0.4) is 0 Å². The average Bonchev–Trinajstić information content (AvgIpc) is 2.56. The summed E-state index contributed by atoms with van der Waals surface area (Å²) in [5.41, 5.74) is 2.67. The van der Waals surface area contributed by atoms with Crippen LogP contribution in [0.25, 0.3) is 0 Å². The lowest BCUT2D eigenvalue weighted by molar-refractivity contribution is -0.571. The van der Waals surface area contributed by atoms with E-state index in [2.05, 4.69) is 5.10 Å². The predicted molar refractivity (Wildman–Crippen MR) is 48.9 cm³/mol. The molecule has 0 aliphatic carbocycles. The van der Waals surface area contributed by atoms with E-state index in [0.717, 1.165) is 0 Å². The molecule has 1 aromatic rings. The number of rotatable bonds is 4. The van der Waals surface area contributed by atoms with Gasteiger partial charge in [-0.1, -0.05) is 0 Å². The first-order valence-corrected chi connectivity index (χ1v) is 3.68. The lowest BCUT2D eigenvalue weighted by Crippen LogP contribution is -2.16. The Morgan fingerprint density at radius 1 is 1.24 bits per heavy atom. The number of nitrogens with one attached hydrogen (secondary N) is 1. The third-order valence-corrected chi connectivity index (χ3v) is 1.59. The van der Waals surface area contributed by atoms with Crippen LogP contribution in [-0.2, 0) is 0 Å². The summed E-state index contributed by atoms with van der Waals surface area (Å²) < 4.78 is 0. The van der Waals surface area contributed by atoms with Gasteiger partial charge in [-0.25, -0.2) is 0 Å². The predicted octanol–water partition coefficient (Wildman–Crippen LogP) is -0.977. The molecule has 1 aromatic heterocycles. The van der Waals surface area contributed by atoms with E-state index in [0.29, 0.717) is 0 Å². The molecule has 0 atom stereocenters. The van der Waals surface area contributed by atoms with E-state index in [9.17, 15) is 30.3 Å². The van der Waals surface area contributed by atoms with Crippen LogP contribution in [0.4, 0.5) is 11.5 Å². The molecule has 17 heavy (non-hydrogen) atoms. The summed E-state index contributed by atoms with van der Waals surface area (Å²) in [5.74, 6) is -2.45. The molecule has 0 spiro atoms. The van der Waals surface area contributed by atoms with Gasteiger partial charge in [-0.2, -0.15) is 0 Å². The molecular weight excluding hydrogens is 242 g/mol. The summed E-state index contributed by atoms with van der Waals surface area (Å²) in [5, 5.41) is 40.0. The summed E-state index contributed by atoms with van der Waals surface area (Å²) in [7, 11) is 0. The van der Waals surface area contributed by atoms with Crippen LogP contribution < -0.4 is 5.73 Å². The zero-order valence-corrected chi connectivity index (χ0v) is 7.76. The van der Waals surface area contributed by atoms with E-state index in [4.69, 9.17) is 11.1 Å². The number of nitrogen functional groups attached to an aromatic ring is 1. The SMILES string of the molecule is N=C(N)c1nn([N+](=O)[O-])c([N+](=O)[O-])c1[N+](=O)[O-]. The molecule has 0 amide bonds. The van der Waals surface area contributed by atoms with Crippen molar-refractivity contribution in [2.45, 2.75) is 0 Å². The highest BCUT2D eigenvalue weighted by Gasteiger charge is 2.47. The van der Waals surface area contributed by atoms with Crippen molar-refractivity contribution in [1.29, 1.82) is 5.41 Å². The number of hydrogen-bond acceptors (Lipinski definition) is 8. The van der Waals surface area contributed by atoms with Crippen molar-refractivity contribution in [1.82, 2.24) is 9.89 Å². The normalized spacial score (nSPS) is 9.88. The Kier molecular flexibility index (Phi) is 2.67. The Bertz CT molecular complexity index is 498. The zero-order valence-electron chi connectivity index (χ0n) is 7.76. The van der Waals surface area contributed by atoms with Gasteiger partial charge in [0.2, 0.25) is 0 Å². The van der Waals surface area contributed by atoms with Gasteiger partial charge in [0.1, 0.15) is 5.03 Å². The molecule has 1 heterocycles. The molecule has 3 N–H and O–H groups in total. The topological polar surface area (TPSA) is 197 Å². The van der Waals surface area contributed by atoms with Gasteiger partial charge < -0.3 is 26.0 Å². The van der Waals surface area contributed by atoms with Crippen LogP contribution >= 0.6 is 0 Å². The molecule has 13 heteroatoms. The van der Waals surface area contributed by atoms with Gasteiger partial charge in [0, 0.05) is 0 Å². The lowest BCUT2D eigenvalue weighted by Gasteiger charge is -1.90. The van der Waals surface area contributed by atoms with E-state index >= 15 is 0 Å². The van der Waals surface area contributed by atoms with Gasteiger partial charge in [0.25, 0.3) is 0 Å². The number of amidine groups is 1. The standard InChI is InChI=1S/C4H3N7O6/c5-3(6)1-2(9(12)13)4(10(14)15)8(7-1)11(16)17/h(H3,5,6). The van der Waals surface area contributed by atoms with Crippen molar-refractivity contribution < 1.29 is 14.9 Å². The fraction of sp³-hybridized carbons (Fsp3) is 0. The molecule has 0 bridgehead atoms. The highest BCUT2D eigenvalue weighted by atomic mass is 16.7. The molecule has 0 aromatic carbocycles. The molecule has 1 rings (SSSR count). The van der Waals surface area contributed by atoms with Gasteiger partial charge >= 0.3 is 17.2 Å². The molecule has 0 unspecified atom stereocenters. The Hall–Kier alpha value is -3.12. The van der Waals surface area contributed by atoms with Crippen LogP contribution in [0.5, 0.6) is 0 Å². The minimum absolute atomic E-state index is 0.408. The second kappa shape index (κ2) is 3.80. The number of aromatic nitrogens is 2. The molecule has 0 aliphatic heterocycles. The zero-order chi connectivity index (χ0) is 13.3. The Morgan fingerprint density at radius 3 is 2.06 bits per heavy atom. The minimum Gasteiger partial charge on any atom is -0.380 e. The fourth-order valence-electron chi connectivity index (χ4n) is 1.01. The smallest absolute Gasteiger partial charge is 0.380 e. The van der Waals surface area contributed by atoms with Gasteiger partial charge in [-0.15, -0.1) is 0 Å². The van der Waals surface area contributed by atoms with E-state index < -0.39 is 42.7 Å². The van der Waals surface area contributed by atoms with Crippen molar-refractivity contribution in [2.75, 3.05) is 0 Å². The first kappa shape index (κ1) is 12.0. The molecule has 0 fully saturated rings. The van der Waals surface area contributed by atoms with Gasteiger partial charge in [-0.3, -0.25) is 15.5 Å². The number of hydrogen-bond donors (Lipinski definition) is 2. The summed E-state index contributed by atoms with van der Waals surface area (Å²) in [6.07, 6.45) is 0. The first-order valence-electron chi connectivity index (χ1n) is 3.68. The summed E-state index contributed by atoms with van der Waals surface area (Å²) in [6.45, 7) is 0. The van der Waals surface area contributed by atoms with Gasteiger partial charge in [0.15, 0.2) is 15.7 Å². The van der Waals surface area contributed by atoms with Gasteiger partial charge in [0.05, 0.1) is 4.92 Å². The maximum Gasteiger partial charge on any atom is 0.498 e. The second-order valence-electron chi connectivity index (χ2n) is 2.58. The van der Waals surface area contributed by atoms with Crippen molar-refractivity contribution in [3.8, 4) is 0 Å². The lowest BCUT2D eigenvalue weighted by atomic mass is 10.3. The van der Waals surface area contributed by atoms with Crippen LogP contribution in [-0.4, -0.2) is 30.6 Å². The van der Waals surface area contributed by atoms with E-state index in [1.165, 1.54) is 0 Å². The summed E-state index contributed by atoms with van der Waals surface area (Å²) >= 11 is 0. The molecule has 0 radical (unpaired) electrons. The Morgan fingerprint density at radius 2 is 1.76 bits per heavy atom. The average molecular weight is 245 g/mol. The summed E-state index contributed by atoms with van der Waals surface area (Å²) in [4.78, 5) is 28.5. The third-order valence-electron chi connectivity index (χ3n) is 1.59. The number of nitro groups is 3. The van der Waals surface area contributed by atoms with E-state index in [-0.39, 0.29) is 0 Å². The van der Waals surface area contributed by atoms with Crippen LogP contribution in [0.15, 0.2) is 0 Å². The van der Waals surface area contributed by atoms with Gasteiger partial charge in [-0.05, 0) is 4.92 Å². The largest absolute Gasteiger partial charge is 0.498 e. The quantitative estimate of drug-likeness (QED) is 0.291. The van der Waals surface area contributed by atoms with E-state index in [1.807, 2.05) is 0 Å². The monoisotopic (exact) mass is 245 g/mol. The number of nitrogens with two attached hydrogens (primary N) is 1. The first-order chi connectivity index (χ1) is 7.77. The molecule has 0 saturated heterocycles. The molecule has 0 aliphatic rings. The van der Waals surface area contributed by atoms with Crippen LogP contribution in [0.1, 0.15) is 5.69 Å². The van der Waals surface area contributed by atoms with Crippen molar-refractivity contribution >= 4 is 17.3 Å².